The van der Waals surface area contributed by atoms with Crippen LogP contribution in [0, 0.1) is 11.8 Å². The Hall–Kier alpha value is -2.31. The molecule has 7 nitrogen and oxygen atoms in total. The van der Waals surface area contributed by atoms with E-state index < -0.39 is 17.9 Å². The smallest absolute Gasteiger partial charge is 0.287 e. The van der Waals surface area contributed by atoms with Gasteiger partial charge < -0.3 is 9.73 Å². The van der Waals surface area contributed by atoms with E-state index in [9.17, 15) is 14.4 Å². The SMILES string of the molecule is CC(C)[C@H](NC(=O)c1ccco1)C(=O)NNC(=O)C1CC1. The minimum absolute atomic E-state index is 0.000472. The van der Waals surface area contributed by atoms with Crippen molar-refractivity contribution in [1.82, 2.24) is 16.2 Å². The van der Waals surface area contributed by atoms with E-state index in [0.29, 0.717) is 0 Å². The molecule has 0 radical (unpaired) electrons. The van der Waals surface area contributed by atoms with Crippen molar-refractivity contribution >= 4 is 17.7 Å². The third-order valence-corrected chi connectivity index (χ3v) is 3.24. The summed E-state index contributed by atoms with van der Waals surface area (Å²) in [6, 6.07) is 2.34. The van der Waals surface area contributed by atoms with Crippen LogP contribution in [0.3, 0.4) is 0 Å². The number of hydrazine groups is 1. The Kier molecular flexibility index (Phi) is 4.62. The van der Waals surface area contributed by atoms with E-state index in [-0.39, 0.29) is 23.5 Å². The molecule has 1 atom stereocenters. The van der Waals surface area contributed by atoms with Crippen LogP contribution < -0.4 is 16.2 Å². The topological polar surface area (TPSA) is 100 Å². The summed E-state index contributed by atoms with van der Waals surface area (Å²) in [5, 5.41) is 2.59. The van der Waals surface area contributed by atoms with Crippen LogP contribution in [0.15, 0.2) is 22.8 Å². The maximum Gasteiger partial charge on any atom is 0.287 e. The Morgan fingerprint density at radius 3 is 2.48 bits per heavy atom. The quantitative estimate of drug-likeness (QED) is 0.692. The van der Waals surface area contributed by atoms with Gasteiger partial charge in [-0.15, -0.1) is 0 Å². The first-order valence-corrected chi connectivity index (χ1v) is 6.93. The van der Waals surface area contributed by atoms with E-state index in [4.69, 9.17) is 4.42 Å². The molecule has 0 aromatic carbocycles. The number of furan rings is 1. The summed E-state index contributed by atoms with van der Waals surface area (Å²) in [6.45, 7) is 3.60. The molecule has 1 saturated carbocycles. The molecule has 3 N–H and O–H groups in total. The molecule has 0 aliphatic heterocycles. The second-order valence-corrected chi connectivity index (χ2v) is 5.43. The van der Waals surface area contributed by atoms with Gasteiger partial charge >= 0.3 is 0 Å². The zero-order valence-electron chi connectivity index (χ0n) is 12.0. The largest absolute Gasteiger partial charge is 0.459 e. The maximum absolute atomic E-state index is 12.1. The lowest BCUT2D eigenvalue weighted by Gasteiger charge is -2.21. The molecule has 21 heavy (non-hydrogen) atoms. The van der Waals surface area contributed by atoms with Gasteiger partial charge in [0.2, 0.25) is 5.91 Å². The van der Waals surface area contributed by atoms with Gasteiger partial charge in [-0.3, -0.25) is 25.2 Å². The van der Waals surface area contributed by atoms with Crippen LogP contribution in [0.2, 0.25) is 0 Å². The molecule has 7 heteroatoms. The fourth-order valence-corrected chi connectivity index (χ4v) is 1.80. The van der Waals surface area contributed by atoms with Gasteiger partial charge in [0.05, 0.1) is 6.26 Å². The molecular formula is C14H19N3O4. The van der Waals surface area contributed by atoms with Crippen molar-refractivity contribution in [2.75, 3.05) is 0 Å². The highest BCUT2D eigenvalue weighted by molar-refractivity contribution is 5.96. The Balaban J connectivity index is 1.89. The molecule has 1 heterocycles. The Bertz CT molecular complexity index is 520. The number of amides is 3. The van der Waals surface area contributed by atoms with Crippen LogP contribution >= 0.6 is 0 Å². The van der Waals surface area contributed by atoms with Crippen molar-refractivity contribution in [1.29, 1.82) is 0 Å². The lowest BCUT2D eigenvalue weighted by atomic mass is 10.0. The van der Waals surface area contributed by atoms with Crippen LogP contribution in [-0.2, 0) is 9.59 Å². The predicted molar refractivity (Wildman–Crippen MR) is 73.8 cm³/mol. The Morgan fingerprint density at radius 2 is 1.95 bits per heavy atom. The number of carbonyl (C=O) groups is 3. The van der Waals surface area contributed by atoms with Crippen molar-refractivity contribution in [3.05, 3.63) is 24.2 Å². The molecule has 1 aliphatic carbocycles. The van der Waals surface area contributed by atoms with Crippen LogP contribution in [-0.4, -0.2) is 23.8 Å². The number of nitrogens with one attached hydrogen (secondary N) is 3. The molecular weight excluding hydrogens is 274 g/mol. The molecule has 1 aliphatic rings. The highest BCUT2D eigenvalue weighted by atomic mass is 16.3. The molecule has 114 valence electrons. The third kappa shape index (κ3) is 4.08. The van der Waals surface area contributed by atoms with E-state index in [2.05, 4.69) is 16.2 Å². The minimum Gasteiger partial charge on any atom is -0.459 e. The molecule has 0 saturated heterocycles. The van der Waals surface area contributed by atoms with Crippen LogP contribution in [0.4, 0.5) is 0 Å². The second kappa shape index (κ2) is 6.43. The highest BCUT2D eigenvalue weighted by Crippen LogP contribution is 2.28. The Morgan fingerprint density at radius 1 is 1.24 bits per heavy atom. The standard InChI is InChI=1S/C14H19N3O4/c1-8(2)11(15-13(19)10-4-3-7-21-10)14(20)17-16-12(18)9-5-6-9/h3-4,7-9,11H,5-6H2,1-2H3,(H,15,19)(H,16,18)(H,17,20)/t11-/m0/s1. The summed E-state index contributed by atoms with van der Waals surface area (Å²) in [6.07, 6.45) is 3.09. The van der Waals surface area contributed by atoms with Crippen LogP contribution in [0.25, 0.3) is 0 Å². The molecule has 1 aromatic heterocycles. The van der Waals surface area contributed by atoms with Gasteiger partial charge in [0.25, 0.3) is 11.8 Å². The normalized spacial score (nSPS) is 15.4. The average molecular weight is 293 g/mol. The van der Waals surface area contributed by atoms with Crippen molar-refractivity contribution in [3.8, 4) is 0 Å². The van der Waals surface area contributed by atoms with E-state index in [0.717, 1.165) is 12.8 Å². The zero-order valence-corrected chi connectivity index (χ0v) is 12.0. The van der Waals surface area contributed by atoms with E-state index in [1.165, 1.54) is 12.3 Å². The number of carbonyl (C=O) groups excluding carboxylic acids is 3. The van der Waals surface area contributed by atoms with Gasteiger partial charge in [-0.2, -0.15) is 0 Å². The summed E-state index contributed by atoms with van der Waals surface area (Å²) in [7, 11) is 0. The summed E-state index contributed by atoms with van der Waals surface area (Å²) >= 11 is 0. The van der Waals surface area contributed by atoms with Crippen molar-refractivity contribution in [3.63, 3.8) is 0 Å². The monoisotopic (exact) mass is 293 g/mol. The minimum atomic E-state index is -0.762. The second-order valence-electron chi connectivity index (χ2n) is 5.43. The molecule has 0 unspecified atom stereocenters. The van der Waals surface area contributed by atoms with Gasteiger partial charge in [-0.25, -0.2) is 0 Å². The van der Waals surface area contributed by atoms with Crippen LogP contribution in [0.5, 0.6) is 0 Å². The molecule has 0 spiro atoms. The predicted octanol–water partition coefficient (Wildman–Crippen LogP) is 0.591. The summed E-state index contributed by atoms with van der Waals surface area (Å²) in [4.78, 5) is 35.5. The molecule has 0 bridgehead atoms. The summed E-state index contributed by atoms with van der Waals surface area (Å²) < 4.78 is 4.98. The molecule has 1 fully saturated rings. The lowest BCUT2D eigenvalue weighted by molar-refractivity contribution is -0.131. The summed E-state index contributed by atoms with van der Waals surface area (Å²) in [5.41, 5.74) is 4.73. The summed E-state index contributed by atoms with van der Waals surface area (Å²) in [5.74, 6) is -1.12. The maximum atomic E-state index is 12.1. The number of hydrogen-bond acceptors (Lipinski definition) is 4. The molecule has 1 aromatic rings. The lowest BCUT2D eigenvalue weighted by Crippen LogP contribution is -2.54. The number of rotatable bonds is 5. The van der Waals surface area contributed by atoms with Crippen LogP contribution in [0.1, 0.15) is 37.2 Å². The highest BCUT2D eigenvalue weighted by Gasteiger charge is 2.31. The van der Waals surface area contributed by atoms with E-state index in [1.807, 2.05) is 0 Å². The van der Waals surface area contributed by atoms with Gasteiger partial charge in [0.1, 0.15) is 6.04 Å². The fourth-order valence-electron chi connectivity index (χ4n) is 1.80. The van der Waals surface area contributed by atoms with Gasteiger partial charge in [-0.1, -0.05) is 13.8 Å². The van der Waals surface area contributed by atoms with Gasteiger partial charge in [-0.05, 0) is 30.9 Å². The first-order valence-electron chi connectivity index (χ1n) is 6.93. The zero-order chi connectivity index (χ0) is 15.4. The number of hydrogen-bond donors (Lipinski definition) is 3. The van der Waals surface area contributed by atoms with Gasteiger partial charge in [0, 0.05) is 5.92 Å². The van der Waals surface area contributed by atoms with Crippen molar-refractivity contribution < 1.29 is 18.8 Å². The van der Waals surface area contributed by atoms with E-state index in [1.54, 1.807) is 19.9 Å². The first kappa shape index (κ1) is 15.1. The van der Waals surface area contributed by atoms with Gasteiger partial charge in [0.15, 0.2) is 5.76 Å². The molecule has 2 rings (SSSR count). The van der Waals surface area contributed by atoms with Crippen molar-refractivity contribution in [2.45, 2.75) is 32.7 Å². The van der Waals surface area contributed by atoms with Crippen molar-refractivity contribution in [2.24, 2.45) is 11.8 Å². The first-order chi connectivity index (χ1) is 9.99. The fraction of sp³-hybridized carbons (Fsp3) is 0.500. The van der Waals surface area contributed by atoms with E-state index >= 15 is 0 Å². The Labute approximate surface area is 122 Å². The average Bonchev–Trinajstić information content (AvgIpc) is 3.16. The molecule has 3 amide bonds. The third-order valence-electron chi connectivity index (χ3n) is 3.24.